The minimum absolute atomic E-state index is 0.0630. The molecule has 8 nitrogen and oxygen atoms in total. The van der Waals surface area contributed by atoms with Crippen molar-refractivity contribution in [1.29, 1.82) is 0 Å². The van der Waals surface area contributed by atoms with E-state index in [0.717, 1.165) is 19.0 Å². The number of rotatable bonds is 3. The summed E-state index contributed by atoms with van der Waals surface area (Å²) in [5.74, 6) is 1.04. The van der Waals surface area contributed by atoms with Crippen LogP contribution in [-0.2, 0) is 9.59 Å². The maximum Gasteiger partial charge on any atom is 0.227 e. The third kappa shape index (κ3) is 3.30. The molecule has 0 radical (unpaired) electrons. The van der Waals surface area contributed by atoms with Crippen LogP contribution in [0.25, 0.3) is 0 Å². The molecule has 2 amide bonds. The number of likely N-dealkylation sites (tertiary alicyclic amines) is 1. The number of nitrogens with one attached hydrogen (secondary N) is 1. The molecule has 1 atom stereocenters. The van der Waals surface area contributed by atoms with E-state index < -0.39 is 0 Å². The summed E-state index contributed by atoms with van der Waals surface area (Å²) in [6, 6.07) is 0.154. The van der Waals surface area contributed by atoms with Crippen LogP contribution < -0.4 is 4.90 Å². The topological polar surface area (TPSA) is 85.4 Å². The van der Waals surface area contributed by atoms with Gasteiger partial charge in [-0.2, -0.15) is 10.1 Å². The van der Waals surface area contributed by atoms with E-state index in [1.807, 2.05) is 23.6 Å². The average Bonchev–Trinajstić information content (AvgIpc) is 3.09. The molecule has 2 aliphatic rings. The first-order chi connectivity index (χ1) is 11.1. The summed E-state index contributed by atoms with van der Waals surface area (Å²) in [6.07, 6.45) is 2.64. The number of carbonyl (C=O) groups is 2. The highest BCUT2D eigenvalue weighted by Crippen LogP contribution is 2.22. The highest BCUT2D eigenvalue weighted by Gasteiger charge is 2.34. The van der Waals surface area contributed by atoms with Crippen LogP contribution in [0, 0.1) is 5.92 Å². The van der Waals surface area contributed by atoms with Gasteiger partial charge in [-0.3, -0.25) is 9.59 Å². The van der Waals surface area contributed by atoms with E-state index in [2.05, 4.69) is 20.1 Å². The Hall–Kier alpha value is -2.12. The van der Waals surface area contributed by atoms with Crippen molar-refractivity contribution < 1.29 is 9.59 Å². The van der Waals surface area contributed by atoms with Gasteiger partial charge in [0.1, 0.15) is 6.33 Å². The number of piperidine rings is 1. The van der Waals surface area contributed by atoms with Crippen molar-refractivity contribution >= 4 is 17.8 Å². The molecule has 23 heavy (non-hydrogen) atoms. The maximum atomic E-state index is 12.8. The Morgan fingerprint density at radius 2 is 2.04 bits per heavy atom. The van der Waals surface area contributed by atoms with Crippen molar-refractivity contribution in [3.63, 3.8) is 0 Å². The van der Waals surface area contributed by atoms with Gasteiger partial charge in [-0.05, 0) is 20.3 Å². The second-order valence-corrected chi connectivity index (χ2v) is 6.50. The van der Waals surface area contributed by atoms with E-state index in [4.69, 9.17) is 0 Å². The molecule has 126 valence electrons. The lowest BCUT2D eigenvalue weighted by atomic mass is 9.94. The molecule has 1 unspecified atom stereocenters. The van der Waals surface area contributed by atoms with E-state index in [0.29, 0.717) is 32.5 Å². The van der Waals surface area contributed by atoms with Gasteiger partial charge in [-0.15, -0.1) is 0 Å². The SMILES string of the molecule is CC(C)N1CC(C(=O)N2CCN(c3ncn[nH]3)CC2)CCC1=O. The zero-order valence-electron chi connectivity index (χ0n) is 13.7. The molecule has 0 aromatic carbocycles. The number of piperazine rings is 1. The molecule has 1 N–H and O–H groups in total. The van der Waals surface area contributed by atoms with Crippen molar-refractivity contribution in [2.24, 2.45) is 5.92 Å². The zero-order valence-corrected chi connectivity index (χ0v) is 13.7. The van der Waals surface area contributed by atoms with Gasteiger partial charge in [0.25, 0.3) is 0 Å². The fourth-order valence-corrected chi connectivity index (χ4v) is 3.32. The summed E-state index contributed by atoms with van der Waals surface area (Å²) in [5.41, 5.74) is 0. The number of H-pyrrole nitrogens is 1. The molecular weight excluding hydrogens is 296 g/mol. The van der Waals surface area contributed by atoms with Crippen LogP contribution in [0.3, 0.4) is 0 Å². The molecule has 2 fully saturated rings. The van der Waals surface area contributed by atoms with Gasteiger partial charge in [0, 0.05) is 45.2 Å². The van der Waals surface area contributed by atoms with Gasteiger partial charge in [0.05, 0.1) is 5.92 Å². The average molecular weight is 320 g/mol. The predicted molar refractivity (Wildman–Crippen MR) is 84.7 cm³/mol. The van der Waals surface area contributed by atoms with E-state index in [-0.39, 0.29) is 23.8 Å². The fraction of sp³-hybridized carbons (Fsp3) is 0.733. The fourth-order valence-electron chi connectivity index (χ4n) is 3.32. The molecule has 8 heteroatoms. The number of aromatic amines is 1. The van der Waals surface area contributed by atoms with E-state index in [1.165, 1.54) is 6.33 Å². The summed E-state index contributed by atoms with van der Waals surface area (Å²) >= 11 is 0. The molecule has 1 aromatic heterocycles. The van der Waals surface area contributed by atoms with Gasteiger partial charge >= 0.3 is 0 Å². The van der Waals surface area contributed by atoms with Crippen LogP contribution in [-0.4, -0.2) is 75.6 Å². The van der Waals surface area contributed by atoms with Gasteiger partial charge in [-0.1, -0.05) is 0 Å². The molecular formula is C15H24N6O2. The Balaban J connectivity index is 1.56. The minimum atomic E-state index is -0.0630. The lowest BCUT2D eigenvalue weighted by Crippen LogP contribution is -2.54. The maximum absolute atomic E-state index is 12.8. The van der Waals surface area contributed by atoms with Gasteiger partial charge in [-0.25, -0.2) is 5.10 Å². The van der Waals surface area contributed by atoms with Crippen molar-refractivity contribution in [1.82, 2.24) is 25.0 Å². The smallest absolute Gasteiger partial charge is 0.227 e. The van der Waals surface area contributed by atoms with Gasteiger partial charge < -0.3 is 14.7 Å². The second kappa shape index (κ2) is 6.55. The monoisotopic (exact) mass is 320 g/mol. The lowest BCUT2D eigenvalue weighted by molar-refractivity contribution is -0.144. The number of nitrogens with zero attached hydrogens (tertiary/aromatic N) is 5. The number of anilines is 1. The highest BCUT2D eigenvalue weighted by atomic mass is 16.2. The van der Waals surface area contributed by atoms with Crippen molar-refractivity contribution in [3.8, 4) is 0 Å². The largest absolute Gasteiger partial charge is 0.339 e. The first-order valence-electron chi connectivity index (χ1n) is 8.25. The number of amides is 2. The van der Waals surface area contributed by atoms with Crippen molar-refractivity contribution in [2.75, 3.05) is 37.6 Å². The van der Waals surface area contributed by atoms with E-state index in [9.17, 15) is 9.59 Å². The van der Waals surface area contributed by atoms with E-state index >= 15 is 0 Å². The van der Waals surface area contributed by atoms with Gasteiger partial charge in [0.2, 0.25) is 17.8 Å². The molecule has 0 spiro atoms. The third-order valence-corrected chi connectivity index (χ3v) is 4.71. The Morgan fingerprint density at radius 3 is 2.65 bits per heavy atom. The molecule has 0 saturated carbocycles. The minimum Gasteiger partial charge on any atom is -0.339 e. The molecule has 3 rings (SSSR count). The molecule has 0 bridgehead atoms. The second-order valence-electron chi connectivity index (χ2n) is 6.50. The Morgan fingerprint density at radius 1 is 1.30 bits per heavy atom. The predicted octanol–water partition coefficient (Wildman–Crippen LogP) is 0.100. The summed E-state index contributed by atoms with van der Waals surface area (Å²) in [6.45, 7) is 7.43. The first-order valence-corrected chi connectivity index (χ1v) is 8.25. The summed E-state index contributed by atoms with van der Waals surface area (Å²) in [7, 11) is 0. The van der Waals surface area contributed by atoms with Crippen LogP contribution in [0.4, 0.5) is 5.95 Å². The van der Waals surface area contributed by atoms with Crippen LogP contribution in [0.15, 0.2) is 6.33 Å². The van der Waals surface area contributed by atoms with Crippen LogP contribution in [0.5, 0.6) is 0 Å². The lowest BCUT2D eigenvalue weighted by Gasteiger charge is -2.39. The molecule has 2 saturated heterocycles. The number of hydrogen-bond donors (Lipinski definition) is 1. The van der Waals surface area contributed by atoms with Crippen LogP contribution in [0.1, 0.15) is 26.7 Å². The molecule has 0 aliphatic carbocycles. The molecule has 2 aliphatic heterocycles. The number of carbonyl (C=O) groups excluding carboxylic acids is 2. The van der Waals surface area contributed by atoms with E-state index in [1.54, 1.807) is 0 Å². The summed E-state index contributed by atoms with van der Waals surface area (Å²) in [5, 5.41) is 6.72. The van der Waals surface area contributed by atoms with Crippen LogP contribution in [0.2, 0.25) is 0 Å². The number of aromatic nitrogens is 3. The van der Waals surface area contributed by atoms with Gasteiger partial charge in [0.15, 0.2) is 0 Å². The number of hydrogen-bond acceptors (Lipinski definition) is 5. The highest BCUT2D eigenvalue weighted by molar-refractivity contribution is 5.84. The van der Waals surface area contributed by atoms with Crippen molar-refractivity contribution in [2.45, 2.75) is 32.7 Å². The first kappa shape index (κ1) is 15.8. The Kier molecular flexibility index (Phi) is 4.49. The van der Waals surface area contributed by atoms with Crippen molar-refractivity contribution in [3.05, 3.63) is 6.33 Å². The third-order valence-electron chi connectivity index (χ3n) is 4.71. The summed E-state index contributed by atoms with van der Waals surface area (Å²) in [4.78, 5) is 34.7. The summed E-state index contributed by atoms with van der Waals surface area (Å²) < 4.78 is 0. The Bertz CT molecular complexity index is 550. The molecule has 3 heterocycles. The Labute approximate surface area is 135 Å². The molecule has 1 aromatic rings. The normalized spacial score (nSPS) is 22.8. The zero-order chi connectivity index (χ0) is 16.4. The van der Waals surface area contributed by atoms with Crippen LogP contribution >= 0.6 is 0 Å². The quantitative estimate of drug-likeness (QED) is 0.854. The standard InChI is InChI=1S/C15H24N6O2/c1-11(2)21-9-12(3-4-13(21)22)14(23)19-5-7-20(8-6-19)15-16-10-17-18-15/h10-12H,3-9H2,1-2H3,(H,16,17,18).